The molecule has 4 nitrogen and oxygen atoms in total. The highest BCUT2D eigenvalue weighted by Gasteiger charge is 2.42. The van der Waals surface area contributed by atoms with Gasteiger partial charge in [0.15, 0.2) is 0 Å². The molecule has 1 heterocycles. The molecule has 1 saturated heterocycles. The summed E-state index contributed by atoms with van der Waals surface area (Å²) in [6.07, 6.45) is 5.24. The maximum absolute atomic E-state index is 12.5. The van der Waals surface area contributed by atoms with E-state index < -0.39 is 0 Å². The van der Waals surface area contributed by atoms with Crippen LogP contribution in [0.3, 0.4) is 0 Å². The third-order valence-corrected chi connectivity index (χ3v) is 4.57. The third-order valence-electron chi connectivity index (χ3n) is 4.57. The zero-order valence-electron chi connectivity index (χ0n) is 12.3. The minimum absolute atomic E-state index is 0.0385. The fourth-order valence-electron chi connectivity index (χ4n) is 2.84. The summed E-state index contributed by atoms with van der Waals surface area (Å²) in [5.41, 5.74) is 0. The fraction of sp³-hybridized carbons (Fsp3) is 0.867. The summed E-state index contributed by atoms with van der Waals surface area (Å²) in [4.78, 5) is 26.6. The second kappa shape index (κ2) is 5.93. The van der Waals surface area contributed by atoms with Crippen molar-refractivity contribution in [2.45, 2.75) is 65.0 Å². The summed E-state index contributed by atoms with van der Waals surface area (Å²) in [6.45, 7) is 6.84. The number of carbonyl (C=O) groups excluding carboxylic acids is 2. The van der Waals surface area contributed by atoms with Crippen LogP contribution >= 0.6 is 0 Å². The van der Waals surface area contributed by atoms with Crippen LogP contribution in [0.25, 0.3) is 0 Å². The Labute approximate surface area is 115 Å². The van der Waals surface area contributed by atoms with Gasteiger partial charge in [-0.05, 0) is 24.7 Å². The highest BCUT2D eigenvalue weighted by Crippen LogP contribution is 2.33. The first kappa shape index (κ1) is 14.4. The zero-order valence-corrected chi connectivity index (χ0v) is 12.3. The van der Waals surface area contributed by atoms with Crippen molar-refractivity contribution in [3.63, 3.8) is 0 Å². The second-order valence-electron chi connectivity index (χ2n) is 6.06. The van der Waals surface area contributed by atoms with Gasteiger partial charge in [0.1, 0.15) is 12.1 Å². The van der Waals surface area contributed by atoms with Gasteiger partial charge in [0.25, 0.3) is 0 Å². The summed E-state index contributed by atoms with van der Waals surface area (Å²) in [6, 6.07) is -0.578. The highest BCUT2D eigenvalue weighted by molar-refractivity contribution is 5.97. The van der Waals surface area contributed by atoms with E-state index in [0.717, 1.165) is 25.3 Å². The Morgan fingerprint density at radius 1 is 1.32 bits per heavy atom. The Morgan fingerprint density at radius 3 is 2.53 bits per heavy atom. The van der Waals surface area contributed by atoms with E-state index in [1.807, 2.05) is 11.8 Å². The van der Waals surface area contributed by atoms with Gasteiger partial charge in [-0.15, -0.1) is 0 Å². The fourth-order valence-corrected chi connectivity index (χ4v) is 2.84. The molecule has 1 saturated carbocycles. The molecule has 1 aliphatic carbocycles. The van der Waals surface area contributed by atoms with Crippen LogP contribution in [0.1, 0.15) is 52.9 Å². The van der Waals surface area contributed by atoms with Gasteiger partial charge in [0, 0.05) is 6.54 Å². The van der Waals surface area contributed by atoms with Crippen molar-refractivity contribution in [3.8, 4) is 0 Å². The van der Waals surface area contributed by atoms with Gasteiger partial charge >= 0.3 is 0 Å². The first-order valence-electron chi connectivity index (χ1n) is 7.69. The van der Waals surface area contributed by atoms with Crippen LogP contribution in [0.2, 0.25) is 0 Å². The van der Waals surface area contributed by atoms with Crippen LogP contribution in [0.15, 0.2) is 0 Å². The molecule has 0 radical (unpaired) electrons. The van der Waals surface area contributed by atoms with E-state index in [4.69, 9.17) is 0 Å². The lowest BCUT2D eigenvalue weighted by molar-refractivity contribution is -0.151. The van der Waals surface area contributed by atoms with Crippen molar-refractivity contribution < 1.29 is 9.59 Å². The Morgan fingerprint density at radius 2 is 2.00 bits per heavy atom. The van der Waals surface area contributed by atoms with E-state index in [1.165, 1.54) is 12.8 Å². The molecule has 4 heteroatoms. The van der Waals surface area contributed by atoms with Crippen LogP contribution in [-0.2, 0) is 9.59 Å². The minimum atomic E-state index is -0.313. The maximum atomic E-state index is 12.5. The molecule has 19 heavy (non-hydrogen) atoms. The smallest absolute Gasteiger partial charge is 0.245 e. The molecule has 0 spiro atoms. The molecule has 0 aromatic rings. The lowest BCUT2D eigenvalue weighted by Crippen LogP contribution is -2.65. The number of rotatable bonds is 6. The number of amides is 2. The van der Waals surface area contributed by atoms with E-state index in [9.17, 15) is 9.59 Å². The topological polar surface area (TPSA) is 49.4 Å². The van der Waals surface area contributed by atoms with Crippen LogP contribution in [-0.4, -0.2) is 35.3 Å². The number of nitrogens with one attached hydrogen (secondary N) is 1. The SMILES string of the molecule is CCC1NC(=O)C(C(C)CC)N(CCC2CC2)C1=O. The van der Waals surface area contributed by atoms with Crippen molar-refractivity contribution >= 4 is 11.8 Å². The van der Waals surface area contributed by atoms with Crippen LogP contribution < -0.4 is 5.32 Å². The van der Waals surface area contributed by atoms with Gasteiger partial charge in [-0.2, -0.15) is 0 Å². The zero-order chi connectivity index (χ0) is 14.0. The van der Waals surface area contributed by atoms with Gasteiger partial charge in [-0.3, -0.25) is 9.59 Å². The van der Waals surface area contributed by atoms with E-state index in [0.29, 0.717) is 6.42 Å². The maximum Gasteiger partial charge on any atom is 0.245 e. The van der Waals surface area contributed by atoms with Gasteiger partial charge < -0.3 is 10.2 Å². The number of hydrogen-bond donors (Lipinski definition) is 1. The minimum Gasteiger partial charge on any atom is -0.343 e. The lowest BCUT2D eigenvalue weighted by atomic mass is 9.92. The monoisotopic (exact) mass is 266 g/mol. The molecule has 2 rings (SSSR count). The average molecular weight is 266 g/mol. The van der Waals surface area contributed by atoms with Crippen molar-refractivity contribution in [3.05, 3.63) is 0 Å². The van der Waals surface area contributed by atoms with Crippen molar-refractivity contribution in [1.29, 1.82) is 0 Å². The molecule has 1 aliphatic heterocycles. The molecular weight excluding hydrogens is 240 g/mol. The molecule has 3 atom stereocenters. The normalized spacial score (nSPS) is 29.3. The molecule has 108 valence electrons. The molecule has 2 fully saturated rings. The predicted molar refractivity (Wildman–Crippen MR) is 74.5 cm³/mol. The average Bonchev–Trinajstić information content (AvgIpc) is 3.22. The number of nitrogens with zero attached hydrogens (tertiary/aromatic N) is 1. The molecule has 0 aromatic carbocycles. The molecule has 2 aliphatic rings. The first-order valence-corrected chi connectivity index (χ1v) is 7.69. The van der Waals surface area contributed by atoms with E-state index in [2.05, 4.69) is 19.2 Å². The van der Waals surface area contributed by atoms with Crippen LogP contribution in [0.5, 0.6) is 0 Å². The van der Waals surface area contributed by atoms with Crippen molar-refractivity contribution in [1.82, 2.24) is 10.2 Å². The summed E-state index contributed by atoms with van der Waals surface area (Å²) in [5.74, 6) is 1.17. The Bertz CT molecular complexity index is 352. The van der Waals surface area contributed by atoms with E-state index in [-0.39, 0.29) is 29.8 Å². The first-order chi connectivity index (χ1) is 9.08. The van der Waals surface area contributed by atoms with E-state index in [1.54, 1.807) is 0 Å². The predicted octanol–water partition coefficient (Wildman–Crippen LogP) is 1.94. The number of hydrogen-bond acceptors (Lipinski definition) is 2. The van der Waals surface area contributed by atoms with Crippen molar-refractivity contribution in [2.75, 3.05) is 6.54 Å². The Kier molecular flexibility index (Phi) is 4.48. The number of piperazine rings is 1. The van der Waals surface area contributed by atoms with Gasteiger partial charge in [0.2, 0.25) is 11.8 Å². The summed E-state index contributed by atoms with van der Waals surface area (Å²) in [5, 5.41) is 2.88. The summed E-state index contributed by atoms with van der Waals surface area (Å²) < 4.78 is 0. The largest absolute Gasteiger partial charge is 0.343 e. The molecule has 2 amide bonds. The van der Waals surface area contributed by atoms with Gasteiger partial charge in [-0.25, -0.2) is 0 Å². The molecule has 0 bridgehead atoms. The Hall–Kier alpha value is -1.06. The van der Waals surface area contributed by atoms with Gasteiger partial charge in [-0.1, -0.05) is 40.0 Å². The summed E-state index contributed by atoms with van der Waals surface area (Å²) in [7, 11) is 0. The quantitative estimate of drug-likeness (QED) is 0.798. The standard InChI is InChI=1S/C15H26N2O2/c1-4-10(3)13-14(18)16-12(5-2)15(19)17(13)9-8-11-6-7-11/h10-13H,4-9H2,1-3H3,(H,16,18). The van der Waals surface area contributed by atoms with E-state index >= 15 is 0 Å². The van der Waals surface area contributed by atoms with Crippen LogP contribution in [0, 0.1) is 11.8 Å². The molecule has 3 unspecified atom stereocenters. The summed E-state index contributed by atoms with van der Waals surface area (Å²) >= 11 is 0. The number of carbonyl (C=O) groups is 2. The Balaban J connectivity index is 2.11. The molecular formula is C15H26N2O2. The molecule has 1 N–H and O–H groups in total. The molecule has 0 aromatic heterocycles. The van der Waals surface area contributed by atoms with Crippen LogP contribution in [0.4, 0.5) is 0 Å². The highest BCUT2D eigenvalue weighted by atomic mass is 16.2. The third kappa shape index (κ3) is 3.10. The lowest BCUT2D eigenvalue weighted by Gasteiger charge is -2.41. The second-order valence-corrected chi connectivity index (χ2v) is 6.06. The van der Waals surface area contributed by atoms with Gasteiger partial charge in [0.05, 0.1) is 0 Å². The van der Waals surface area contributed by atoms with Crippen molar-refractivity contribution in [2.24, 2.45) is 11.8 Å².